The van der Waals surface area contributed by atoms with E-state index in [1.807, 2.05) is 33.2 Å². The highest BCUT2D eigenvalue weighted by Crippen LogP contribution is 2.23. The first kappa shape index (κ1) is 17.0. The number of para-hydroxylation sites is 1. The number of rotatable bonds is 8. The summed E-state index contributed by atoms with van der Waals surface area (Å²) in [6, 6.07) is 7.40. The van der Waals surface area contributed by atoms with Crippen LogP contribution in [-0.2, 0) is 9.84 Å². The molecule has 1 unspecified atom stereocenters. The van der Waals surface area contributed by atoms with Gasteiger partial charge in [-0.1, -0.05) is 19.1 Å². The van der Waals surface area contributed by atoms with Crippen molar-refractivity contribution in [2.24, 2.45) is 0 Å². The van der Waals surface area contributed by atoms with Crippen molar-refractivity contribution in [2.75, 3.05) is 31.7 Å². The predicted molar refractivity (Wildman–Crippen MR) is 85.0 cm³/mol. The molecule has 0 heterocycles. The predicted octanol–water partition coefficient (Wildman–Crippen LogP) is 2.62. The average Bonchev–Trinajstić information content (AvgIpc) is 2.37. The maximum absolute atomic E-state index is 12.3. The van der Waals surface area contributed by atoms with Crippen LogP contribution in [0.2, 0.25) is 0 Å². The first-order valence-corrected chi connectivity index (χ1v) is 8.75. The summed E-state index contributed by atoms with van der Waals surface area (Å²) in [7, 11) is 0.877. The fraction of sp³-hybridized carbons (Fsp3) is 0.600. The lowest BCUT2D eigenvalue weighted by molar-refractivity contribution is 0.390. The van der Waals surface area contributed by atoms with Crippen LogP contribution in [0.5, 0.6) is 0 Å². The lowest BCUT2D eigenvalue weighted by Gasteiger charge is -2.19. The summed E-state index contributed by atoms with van der Waals surface area (Å²) in [6.07, 6.45) is 1.60. The highest BCUT2D eigenvalue weighted by atomic mass is 32.2. The van der Waals surface area contributed by atoms with Crippen LogP contribution in [0, 0.1) is 0 Å². The highest BCUT2D eigenvalue weighted by Gasteiger charge is 2.18. The van der Waals surface area contributed by atoms with Crippen LogP contribution in [0.15, 0.2) is 29.2 Å². The second-order valence-electron chi connectivity index (χ2n) is 5.45. The van der Waals surface area contributed by atoms with E-state index in [9.17, 15) is 8.42 Å². The molecule has 0 bridgehead atoms. The molecule has 0 radical (unpaired) electrons. The third-order valence-corrected chi connectivity index (χ3v) is 5.08. The Morgan fingerprint density at radius 2 is 1.90 bits per heavy atom. The molecule has 1 atom stereocenters. The Hall–Kier alpha value is -1.07. The van der Waals surface area contributed by atoms with E-state index >= 15 is 0 Å². The molecule has 0 aliphatic carbocycles. The van der Waals surface area contributed by atoms with E-state index in [-0.39, 0.29) is 11.8 Å². The summed E-state index contributed by atoms with van der Waals surface area (Å²) in [5, 5.41) is 3.32. The van der Waals surface area contributed by atoms with E-state index in [1.165, 1.54) is 0 Å². The molecule has 0 aromatic heterocycles. The minimum absolute atomic E-state index is 0.192. The molecule has 0 fully saturated rings. The molecule has 114 valence electrons. The van der Waals surface area contributed by atoms with E-state index in [0.29, 0.717) is 17.0 Å². The fourth-order valence-corrected chi connectivity index (χ4v) is 3.53. The Balaban J connectivity index is 2.86. The maximum Gasteiger partial charge on any atom is 0.180 e. The molecule has 0 saturated heterocycles. The van der Waals surface area contributed by atoms with Gasteiger partial charge in [-0.3, -0.25) is 0 Å². The third kappa shape index (κ3) is 5.13. The molecule has 1 N–H and O–H groups in total. The zero-order chi connectivity index (χ0) is 15.2. The van der Waals surface area contributed by atoms with Crippen LogP contribution in [0.3, 0.4) is 0 Å². The van der Waals surface area contributed by atoms with E-state index < -0.39 is 9.84 Å². The number of nitrogens with zero attached hydrogens (tertiary/aromatic N) is 1. The van der Waals surface area contributed by atoms with Gasteiger partial charge in [-0.15, -0.1) is 0 Å². The van der Waals surface area contributed by atoms with E-state index in [1.54, 1.807) is 12.1 Å². The molecule has 0 amide bonds. The van der Waals surface area contributed by atoms with Crippen LogP contribution in [0.4, 0.5) is 5.69 Å². The van der Waals surface area contributed by atoms with Gasteiger partial charge in [0.25, 0.3) is 0 Å². The third-order valence-electron chi connectivity index (χ3n) is 3.11. The summed E-state index contributed by atoms with van der Waals surface area (Å²) in [5.74, 6) is 0.192. The first-order valence-electron chi connectivity index (χ1n) is 7.10. The van der Waals surface area contributed by atoms with Crippen molar-refractivity contribution in [3.05, 3.63) is 24.3 Å². The van der Waals surface area contributed by atoms with Crippen LogP contribution in [0.25, 0.3) is 0 Å². The zero-order valence-electron chi connectivity index (χ0n) is 12.9. The molecular weight excluding hydrogens is 272 g/mol. The monoisotopic (exact) mass is 298 g/mol. The zero-order valence-corrected chi connectivity index (χ0v) is 13.7. The van der Waals surface area contributed by atoms with Crippen molar-refractivity contribution < 1.29 is 8.42 Å². The Bertz CT molecular complexity index is 512. The Morgan fingerprint density at radius 1 is 1.25 bits per heavy atom. The number of hydrogen-bond donors (Lipinski definition) is 1. The van der Waals surface area contributed by atoms with E-state index in [0.717, 1.165) is 13.0 Å². The van der Waals surface area contributed by atoms with Crippen LogP contribution >= 0.6 is 0 Å². The van der Waals surface area contributed by atoms with Gasteiger partial charge in [-0.05, 0) is 52.5 Å². The van der Waals surface area contributed by atoms with Gasteiger partial charge in [-0.2, -0.15) is 0 Å². The van der Waals surface area contributed by atoms with Gasteiger partial charge in [0, 0.05) is 6.04 Å². The van der Waals surface area contributed by atoms with Gasteiger partial charge in [0.15, 0.2) is 9.84 Å². The Labute approximate surface area is 123 Å². The van der Waals surface area contributed by atoms with Crippen molar-refractivity contribution in [3.63, 3.8) is 0 Å². The topological polar surface area (TPSA) is 49.4 Å². The quantitative estimate of drug-likeness (QED) is 0.801. The summed E-state index contributed by atoms with van der Waals surface area (Å²) in [6.45, 7) is 4.93. The molecule has 0 aliphatic rings. The summed E-state index contributed by atoms with van der Waals surface area (Å²) >= 11 is 0. The van der Waals surface area contributed by atoms with Gasteiger partial charge in [-0.25, -0.2) is 8.42 Å². The van der Waals surface area contributed by atoms with Crippen molar-refractivity contribution in [1.29, 1.82) is 0 Å². The molecule has 0 saturated carbocycles. The van der Waals surface area contributed by atoms with Crippen molar-refractivity contribution in [2.45, 2.75) is 37.6 Å². The average molecular weight is 298 g/mol. The number of hydrogen-bond acceptors (Lipinski definition) is 4. The van der Waals surface area contributed by atoms with Gasteiger partial charge >= 0.3 is 0 Å². The van der Waals surface area contributed by atoms with Crippen molar-refractivity contribution in [3.8, 4) is 0 Å². The largest absolute Gasteiger partial charge is 0.381 e. The fourth-order valence-electron chi connectivity index (χ4n) is 2.03. The Morgan fingerprint density at radius 3 is 2.50 bits per heavy atom. The Kier molecular flexibility index (Phi) is 6.49. The number of nitrogens with one attached hydrogen (secondary N) is 1. The molecule has 1 rings (SSSR count). The standard InChI is InChI=1S/C15H26N2O2S/c1-5-12-20(18,19)15-9-7-6-8-14(15)16-13(2)10-11-17(3)4/h6-9,13,16H,5,10-12H2,1-4H3. The number of anilines is 1. The second kappa shape index (κ2) is 7.64. The van der Waals surface area contributed by atoms with E-state index in [4.69, 9.17) is 0 Å². The van der Waals surface area contributed by atoms with Crippen molar-refractivity contribution in [1.82, 2.24) is 4.90 Å². The molecular formula is C15H26N2O2S. The second-order valence-corrected chi connectivity index (χ2v) is 7.53. The molecule has 5 heteroatoms. The smallest absolute Gasteiger partial charge is 0.180 e. The lowest BCUT2D eigenvalue weighted by atomic mass is 10.2. The number of benzene rings is 1. The van der Waals surface area contributed by atoms with Crippen molar-refractivity contribution >= 4 is 15.5 Å². The van der Waals surface area contributed by atoms with Crippen LogP contribution in [0.1, 0.15) is 26.7 Å². The van der Waals surface area contributed by atoms with Gasteiger partial charge in [0.05, 0.1) is 16.3 Å². The summed E-state index contributed by atoms with van der Waals surface area (Å²) in [4.78, 5) is 2.54. The molecule has 4 nitrogen and oxygen atoms in total. The summed E-state index contributed by atoms with van der Waals surface area (Å²) in [5.41, 5.74) is 0.715. The van der Waals surface area contributed by atoms with Crippen LogP contribution in [-0.4, -0.2) is 45.8 Å². The molecule has 0 spiro atoms. The molecule has 1 aromatic carbocycles. The lowest BCUT2D eigenvalue weighted by Crippen LogP contribution is -2.24. The minimum atomic E-state index is -3.19. The van der Waals surface area contributed by atoms with Gasteiger partial charge < -0.3 is 10.2 Å². The van der Waals surface area contributed by atoms with Crippen LogP contribution < -0.4 is 5.32 Å². The minimum Gasteiger partial charge on any atom is -0.381 e. The number of sulfone groups is 1. The van der Waals surface area contributed by atoms with E-state index in [2.05, 4.69) is 17.1 Å². The van der Waals surface area contributed by atoms with Gasteiger partial charge in [0.1, 0.15) is 0 Å². The molecule has 1 aromatic rings. The molecule has 0 aliphatic heterocycles. The van der Waals surface area contributed by atoms with Gasteiger partial charge in [0.2, 0.25) is 0 Å². The highest BCUT2D eigenvalue weighted by molar-refractivity contribution is 7.91. The summed E-state index contributed by atoms with van der Waals surface area (Å²) < 4.78 is 24.5. The normalized spacial score (nSPS) is 13.4. The maximum atomic E-state index is 12.3. The first-order chi connectivity index (χ1) is 9.36. The SMILES string of the molecule is CCCS(=O)(=O)c1ccccc1NC(C)CCN(C)C. The molecule has 20 heavy (non-hydrogen) atoms.